The predicted molar refractivity (Wildman–Crippen MR) is 202 cm³/mol. The highest BCUT2D eigenvalue weighted by molar-refractivity contribution is 5.22. The maximum atomic E-state index is 12.6. The van der Waals surface area contributed by atoms with Crippen molar-refractivity contribution in [3.63, 3.8) is 0 Å². The fraction of sp³-hybridized carbons (Fsp3) is 0.952. The third kappa shape index (κ3) is 7.06. The Morgan fingerprint density at radius 1 is 0.750 bits per heavy atom. The summed E-state index contributed by atoms with van der Waals surface area (Å²) in [5.41, 5.74) is -1.92. The highest BCUT2D eigenvalue weighted by atomic mass is 16.7. The molecule has 6 rings (SSSR count). The zero-order valence-electron chi connectivity index (χ0n) is 34.6. The van der Waals surface area contributed by atoms with Crippen LogP contribution in [-0.4, -0.2) is 150 Å². The molecule has 0 aromatic rings. The largest absolute Gasteiger partial charge is 0.394 e. The molecule has 0 bridgehead atoms. The highest BCUT2D eigenvalue weighted by Gasteiger charge is 2.74. The predicted octanol–water partition coefficient (Wildman–Crippen LogP) is 1.12. The molecule has 14 nitrogen and oxygen atoms in total. The van der Waals surface area contributed by atoms with Gasteiger partial charge in [0, 0.05) is 0 Å². The number of hydrogen-bond acceptors (Lipinski definition) is 14. The van der Waals surface area contributed by atoms with Crippen LogP contribution in [0, 0.1) is 45.3 Å². The lowest BCUT2D eigenvalue weighted by Gasteiger charge is -2.72. The minimum Gasteiger partial charge on any atom is -0.394 e. The Morgan fingerprint density at radius 3 is 1.89 bits per heavy atom. The van der Waals surface area contributed by atoms with E-state index in [0.717, 1.165) is 12.0 Å². The van der Waals surface area contributed by atoms with E-state index in [0.29, 0.717) is 44.9 Å². The lowest BCUT2D eigenvalue weighted by atomic mass is 9.34. The number of hydrogen-bond donors (Lipinski definition) is 10. The standard InChI is InChI=1S/C42H72O14/c1-20(2)10-9-13-42(8,56-37-34(52)32(50)30(48)25(19-44)55-37)21-11-15-40(6)28(21)22(45)16-26-39(5)14-12-27(46)38(3,4)35(39)23(17-41(26,40)7)53-36-33(51)31(49)29(47)24(18-43)54-36/h10,21-37,43-52H,9,11-19H2,1-8H3/t21-,22?,23?,24?,25?,26+,27?,28+,29?,30?,31?,32?,33?,34?,35-,36+,37?,39-,40+,41-,42-/m0/s1. The summed E-state index contributed by atoms with van der Waals surface area (Å²) in [6.07, 6.45) is -9.52. The van der Waals surface area contributed by atoms with E-state index in [1.807, 2.05) is 34.6 Å². The summed E-state index contributed by atoms with van der Waals surface area (Å²) in [6.45, 7) is 15.7. The Labute approximate surface area is 331 Å². The Kier molecular flexibility index (Phi) is 12.7. The summed E-state index contributed by atoms with van der Waals surface area (Å²) in [4.78, 5) is 0. The lowest BCUT2D eigenvalue weighted by molar-refractivity contribution is -0.349. The van der Waals surface area contributed by atoms with Crippen LogP contribution in [0.5, 0.6) is 0 Å². The van der Waals surface area contributed by atoms with Crippen LogP contribution >= 0.6 is 0 Å². The van der Waals surface area contributed by atoms with Crippen LogP contribution in [0.1, 0.15) is 107 Å². The van der Waals surface area contributed by atoms with Gasteiger partial charge in [-0.2, -0.15) is 0 Å². The summed E-state index contributed by atoms with van der Waals surface area (Å²) < 4.78 is 25.4. The van der Waals surface area contributed by atoms with Gasteiger partial charge in [0.15, 0.2) is 12.6 Å². The third-order valence-electron chi connectivity index (χ3n) is 16.6. The molecule has 10 N–H and O–H groups in total. The summed E-state index contributed by atoms with van der Waals surface area (Å²) in [5.74, 6) is -0.781. The van der Waals surface area contributed by atoms with Crippen LogP contribution in [0.25, 0.3) is 0 Å². The molecule has 0 aromatic carbocycles. The lowest BCUT2D eigenvalue weighted by Crippen LogP contribution is -2.71. The molecule has 14 heteroatoms. The van der Waals surface area contributed by atoms with Gasteiger partial charge in [0.25, 0.3) is 0 Å². The van der Waals surface area contributed by atoms with Crippen LogP contribution in [0.2, 0.25) is 0 Å². The average Bonchev–Trinajstić information content (AvgIpc) is 3.52. The van der Waals surface area contributed by atoms with E-state index in [1.165, 1.54) is 0 Å². The highest BCUT2D eigenvalue weighted by Crippen LogP contribution is 2.76. The van der Waals surface area contributed by atoms with Gasteiger partial charge in [-0.25, -0.2) is 0 Å². The summed E-state index contributed by atoms with van der Waals surface area (Å²) >= 11 is 0. The summed E-state index contributed by atoms with van der Waals surface area (Å²) in [5, 5.41) is 109. The van der Waals surface area contributed by atoms with Crippen molar-refractivity contribution in [3.8, 4) is 0 Å². The van der Waals surface area contributed by atoms with Crippen LogP contribution in [0.15, 0.2) is 11.6 Å². The SMILES string of the molecule is CC(C)=CCC[C@](C)(OC1OC(CO)C(O)C(O)C1O)[C@H]1CC[C@]2(C)[C@H]1C(O)C[C@@H]1[C@]3(C)CCC(O)C(C)(C)[C@@H]3C(O[C@@H]3OC(CO)C(O)C(O)C3O)C[C@@]12C. The second-order valence-electron chi connectivity index (χ2n) is 20.2. The van der Waals surface area contributed by atoms with Crippen molar-refractivity contribution in [2.75, 3.05) is 13.2 Å². The summed E-state index contributed by atoms with van der Waals surface area (Å²) in [6, 6.07) is 0. The van der Waals surface area contributed by atoms with Gasteiger partial charge in [0.1, 0.15) is 48.8 Å². The van der Waals surface area contributed by atoms with Crippen molar-refractivity contribution in [1.82, 2.24) is 0 Å². The number of aliphatic hydroxyl groups is 10. The van der Waals surface area contributed by atoms with Gasteiger partial charge >= 0.3 is 0 Å². The van der Waals surface area contributed by atoms with E-state index < -0.39 is 120 Å². The topological polar surface area (TPSA) is 239 Å². The van der Waals surface area contributed by atoms with Crippen molar-refractivity contribution in [1.29, 1.82) is 0 Å². The van der Waals surface area contributed by atoms with Crippen molar-refractivity contribution in [2.24, 2.45) is 45.3 Å². The minimum atomic E-state index is -1.61. The minimum absolute atomic E-state index is 0.000258. The van der Waals surface area contributed by atoms with Gasteiger partial charge < -0.3 is 70.0 Å². The number of aliphatic hydroxyl groups excluding tert-OH is 10. The van der Waals surface area contributed by atoms with E-state index in [9.17, 15) is 51.1 Å². The Morgan fingerprint density at radius 2 is 1.32 bits per heavy atom. The van der Waals surface area contributed by atoms with E-state index in [2.05, 4.69) is 26.8 Å². The number of allylic oxidation sites excluding steroid dienone is 2. The van der Waals surface area contributed by atoms with E-state index >= 15 is 0 Å². The molecular formula is C42H72O14. The van der Waals surface area contributed by atoms with Crippen LogP contribution < -0.4 is 0 Å². The smallest absolute Gasteiger partial charge is 0.187 e. The molecule has 0 radical (unpaired) electrons. The first-order valence-electron chi connectivity index (χ1n) is 21.0. The first kappa shape index (κ1) is 44.7. The molecule has 324 valence electrons. The molecule has 12 unspecified atom stereocenters. The molecule has 4 saturated carbocycles. The maximum absolute atomic E-state index is 12.6. The maximum Gasteiger partial charge on any atom is 0.187 e. The normalized spacial score (nSPS) is 52.6. The number of rotatable bonds is 10. The number of fused-ring (bicyclic) bond motifs is 5. The molecule has 0 amide bonds. The first-order valence-corrected chi connectivity index (χ1v) is 21.0. The van der Waals surface area contributed by atoms with Gasteiger partial charge in [0.2, 0.25) is 0 Å². The molecule has 0 aromatic heterocycles. The van der Waals surface area contributed by atoms with Crippen molar-refractivity contribution >= 4 is 0 Å². The van der Waals surface area contributed by atoms with E-state index in [-0.39, 0.29) is 23.7 Å². The molecule has 56 heavy (non-hydrogen) atoms. The first-order chi connectivity index (χ1) is 26.0. The molecule has 4 aliphatic carbocycles. The second kappa shape index (κ2) is 15.9. The van der Waals surface area contributed by atoms with Crippen molar-refractivity contribution in [2.45, 2.75) is 192 Å². The van der Waals surface area contributed by atoms with Crippen LogP contribution in [0.4, 0.5) is 0 Å². The Hall–Kier alpha value is -0.820. The zero-order valence-corrected chi connectivity index (χ0v) is 34.6. The second-order valence-corrected chi connectivity index (χ2v) is 20.2. The van der Waals surface area contributed by atoms with Gasteiger partial charge in [-0.05, 0) is 117 Å². The molecule has 2 aliphatic heterocycles. The summed E-state index contributed by atoms with van der Waals surface area (Å²) in [7, 11) is 0. The Bertz CT molecular complexity index is 1400. The zero-order chi connectivity index (χ0) is 41.5. The number of ether oxygens (including phenoxy) is 4. The monoisotopic (exact) mass is 800 g/mol. The quantitative estimate of drug-likeness (QED) is 0.110. The van der Waals surface area contributed by atoms with Crippen LogP contribution in [0.3, 0.4) is 0 Å². The molecule has 2 saturated heterocycles. The molecule has 21 atom stereocenters. The van der Waals surface area contributed by atoms with Crippen molar-refractivity contribution in [3.05, 3.63) is 11.6 Å². The average molecular weight is 801 g/mol. The molecular weight excluding hydrogens is 728 g/mol. The van der Waals surface area contributed by atoms with Gasteiger partial charge in [0.05, 0.1) is 37.1 Å². The Balaban J connectivity index is 1.39. The van der Waals surface area contributed by atoms with Gasteiger partial charge in [-0.15, -0.1) is 0 Å². The molecule has 6 fully saturated rings. The van der Waals surface area contributed by atoms with Gasteiger partial charge in [-0.3, -0.25) is 0 Å². The van der Waals surface area contributed by atoms with E-state index in [1.54, 1.807) is 0 Å². The third-order valence-corrected chi connectivity index (χ3v) is 16.6. The fourth-order valence-electron chi connectivity index (χ4n) is 13.5. The van der Waals surface area contributed by atoms with E-state index in [4.69, 9.17) is 18.9 Å². The molecule has 2 heterocycles. The van der Waals surface area contributed by atoms with Gasteiger partial charge in [-0.1, -0.05) is 46.3 Å². The molecule has 0 spiro atoms. The van der Waals surface area contributed by atoms with Crippen molar-refractivity contribution < 1.29 is 70.0 Å². The fourth-order valence-corrected chi connectivity index (χ4v) is 13.5. The molecule has 6 aliphatic rings. The van der Waals surface area contributed by atoms with Crippen LogP contribution in [-0.2, 0) is 18.9 Å².